The predicted molar refractivity (Wildman–Crippen MR) is 90.9 cm³/mol. The van der Waals surface area contributed by atoms with E-state index in [0.717, 1.165) is 32.5 Å². The predicted octanol–water partition coefficient (Wildman–Crippen LogP) is -0.00230. The van der Waals surface area contributed by atoms with Crippen LogP contribution in [0.4, 0.5) is 5.95 Å². The molecule has 9 nitrogen and oxygen atoms in total. The van der Waals surface area contributed by atoms with Crippen LogP contribution < -0.4 is 10.6 Å². The number of hydrogen-bond acceptors (Lipinski definition) is 6. The fourth-order valence-electron chi connectivity index (χ4n) is 3.14. The largest absolute Gasteiger partial charge is 0.378 e. The van der Waals surface area contributed by atoms with E-state index in [1.807, 2.05) is 4.90 Å². The quantitative estimate of drug-likeness (QED) is 0.775. The topological polar surface area (TPSA) is 101 Å². The highest BCUT2D eigenvalue weighted by Gasteiger charge is 2.19. The van der Waals surface area contributed by atoms with Crippen molar-refractivity contribution in [1.29, 1.82) is 0 Å². The number of morpholine rings is 1. The van der Waals surface area contributed by atoms with Crippen molar-refractivity contribution in [2.75, 3.05) is 38.2 Å². The third kappa shape index (κ3) is 5.50. The highest BCUT2D eigenvalue weighted by molar-refractivity contribution is 5.89. The lowest BCUT2D eigenvalue weighted by Crippen LogP contribution is -2.43. The lowest BCUT2D eigenvalue weighted by molar-refractivity contribution is -0.132. The van der Waals surface area contributed by atoms with E-state index < -0.39 is 0 Å². The molecule has 0 aromatic carbocycles. The Kier molecular flexibility index (Phi) is 6.35. The van der Waals surface area contributed by atoms with Gasteiger partial charge in [-0.05, 0) is 12.8 Å². The number of aromatic nitrogens is 3. The number of anilines is 1. The van der Waals surface area contributed by atoms with Gasteiger partial charge in [-0.3, -0.25) is 14.9 Å². The van der Waals surface area contributed by atoms with Gasteiger partial charge in [-0.2, -0.15) is 0 Å². The van der Waals surface area contributed by atoms with Crippen LogP contribution in [0.5, 0.6) is 0 Å². The smallest absolute Gasteiger partial charge is 0.248 e. The van der Waals surface area contributed by atoms with Gasteiger partial charge >= 0.3 is 0 Å². The molecule has 2 saturated heterocycles. The monoisotopic (exact) mass is 350 g/mol. The maximum absolute atomic E-state index is 12.3. The fraction of sp³-hybridized carbons (Fsp3) is 0.750. The number of carbonyl (C=O) groups is 2. The summed E-state index contributed by atoms with van der Waals surface area (Å²) in [6.45, 7) is 3.74. The minimum atomic E-state index is -0.167. The number of hydrogen-bond donors (Lipinski definition) is 2. The molecule has 2 aliphatic rings. The average Bonchev–Trinajstić information content (AvgIpc) is 2.86. The Labute approximate surface area is 147 Å². The number of likely N-dealkylation sites (tertiary alicyclic amines) is 1. The number of rotatable bonds is 5. The maximum atomic E-state index is 12.3. The molecule has 25 heavy (non-hydrogen) atoms. The Morgan fingerprint density at radius 2 is 2.08 bits per heavy atom. The Balaban J connectivity index is 1.46. The molecule has 9 heteroatoms. The first-order chi connectivity index (χ1) is 12.2. The minimum Gasteiger partial charge on any atom is -0.378 e. The Hall–Kier alpha value is -2.00. The van der Waals surface area contributed by atoms with Gasteiger partial charge in [0.25, 0.3) is 0 Å². The zero-order chi connectivity index (χ0) is 17.5. The molecule has 2 N–H and O–H groups in total. The third-order valence-electron chi connectivity index (χ3n) is 4.47. The molecule has 1 atom stereocenters. The third-order valence-corrected chi connectivity index (χ3v) is 4.47. The summed E-state index contributed by atoms with van der Waals surface area (Å²) in [7, 11) is 0. The summed E-state index contributed by atoms with van der Waals surface area (Å²) < 4.78 is 6.80. The average molecular weight is 350 g/mol. The summed E-state index contributed by atoms with van der Waals surface area (Å²) in [4.78, 5) is 30.3. The zero-order valence-corrected chi connectivity index (χ0v) is 14.4. The van der Waals surface area contributed by atoms with Gasteiger partial charge in [-0.25, -0.2) is 9.67 Å². The van der Waals surface area contributed by atoms with Crippen LogP contribution in [0, 0.1) is 0 Å². The first-order valence-corrected chi connectivity index (χ1v) is 8.99. The number of ether oxygens (including phenoxy) is 1. The van der Waals surface area contributed by atoms with Crippen molar-refractivity contribution in [3.8, 4) is 0 Å². The molecule has 2 amide bonds. The van der Waals surface area contributed by atoms with Crippen LogP contribution in [0.25, 0.3) is 0 Å². The van der Waals surface area contributed by atoms with Crippen LogP contribution >= 0.6 is 0 Å². The van der Waals surface area contributed by atoms with E-state index in [1.165, 1.54) is 23.9 Å². The van der Waals surface area contributed by atoms with E-state index in [0.29, 0.717) is 19.6 Å². The van der Waals surface area contributed by atoms with Crippen LogP contribution in [0.1, 0.15) is 32.1 Å². The molecule has 1 aromatic heterocycles. The maximum Gasteiger partial charge on any atom is 0.248 e. The van der Waals surface area contributed by atoms with Gasteiger partial charge in [-0.1, -0.05) is 12.8 Å². The van der Waals surface area contributed by atoms with E-state index in [1.54, 1.807) is 0 Å². The van der Waals surface area contributed by atoms with Crippen LogP contribution in [-0.4, -0.2) is 70.4 Å². The summed E-state index contributed by atoms with van der Waals surface area (Å²) in [5.41, 5.74) is 0. The van der Waals surface area contributed by atoms with Gasteiger partial charge in [0.1, 0.15) is 12.9 Å². The van der Waals surface area contributed by atoms with E-state index in [9.17, 15) is 9.59 Å². The van der Waals surface area contributed by atoms with Gasteiger partial charge in [0, 0.05) is 32.1 Å². The number of nitrogens with one attached hydrogen (secondary N) is 2. The standard InChI is InChI=1S/C16H26N6O3/c23-14(9-13-11-25-8-5-17-13)19-16-18-12-22(20-16)10-15(24)21-6-3-1-2-4-7-21/h12-13,17H,1-11H2,(H,19,20,23). The van der Waals surface area contributed by atoms with Crippen molar-refractivity contribution in [2.24, 2.45) is 0 Å². The van der Waals surface area contributed by atoms with Gasteiger partial charge < -0.3 is 15.0 Å². The van der Waals surface area contributed by atoms with E-state index in [-0.39, 0.29) is 30.3 Å². The Morgan fingerprint density at radius 1 is 1.28 bits per heavy atom. The van der Waals surface area contributed by atoms with Gasteiger partial charge in [0.05, 0.1) is 13.2 Å². The fourth-order valence-corrected chi connectivity index (χ4v) is 3.14. The lowest BCUT2D eigenvalue weighted by atomic mass is 10.2. The van der Waals surface area contributed by atoms with Gasteiger partial charge in [0.2, 0.25) is 17.8 Å². The lowest BCUT2D eigenvalue weighted by Gasteiger charge is -2.22. The van der Waals surface area contributed by atoms with Crippen LogP contribution in [-0.2, 0) is 20.9 Å². The van der Waals surface area contributed by atoms with Crippen molar-refractivity contribution in [1.82, 2.24) is 25.0 Å². The highest BCUT2D eigenvalue weighted by Crippen LogP contribution is 2.10. The van der Waals surface area contributed by atoms with E-state index >= 15 is 0 Å². The van der Waals surface area contributed by atoms with Crippen molar-refractivity contribution in [3.05, 3.63) is 6.33 Å². The molecule has 0 aliphatic carbocycles. The summed E-state index contributed by atoms with van der Waals surface area (Å²) in [6, 6.07) is 0.0143. The Morgan fingerprint density at radius 3 is 2.80 bits per heavy atom. The molecule has 2 fully saturated rings. The first kappa shape index (κ1) is 17.8. The zero-order valence-electron chi connectivity index (χ0n) is 14.4. The van der Waals surface area contributed by atoms with E-state index in [4.69, 9.17) is 4.74 Å². The summed E-state index contributed by atoms with van der Waals surface area (Å²) >= 11 is 0. The van der Waals surface area contributed by atoms with Gasteiger partial charge in [0.15, 0.2) is 0 Å². The second kappa shape index (κ2) is 8.91. The van der Waals surface area contributed by atoms with Crippen LogP contribution in [0.2, 0.25) is 0 Å². The SMILES string of the molecule is O=C(CC1COCCN1)Nc1ncn(CC(=O)N2CCCCCC2)n1. The molecular weight excluding hydrogens is 324 g/mol. The molecule has 1 aromatic rings. The number of amides is 2. The van der Waals surface area contributed by atoms with Crippen molar-refractivity contribution >= 4 is 17.8 Å². The molecule has 0 radical (unpaired) electrons. The molecule has 138 valence electrons. The Bertz CT molecular complexity index is 576. The van der Waals surface area contributed by atoms with Crippen LogP contribution in [0.15, 0.2) is 6.33 Å². The molecule has 1 unspecified atom stereocenters. The second-order valence-corrected chi connectivity index (χ2v) is 6.54. The minimum absolute atomic E-state index is 0.0143. The van der Waals surface area contributed by atoms with Crippen LogP contribution in [0.3, 0.4) is 0 Å². The summed E-state index contributed by atoms with van der Waals surface area (Å²) in [5.74, 6) is 0.109. The van der Waals surface area contributed by atoms with Crippen molar-refractivity contribution in [2.45, 2.75) is 44.7 Å². The molecule has 3 rings (SSSR count). The molecule has 3 heterocycles. The first-order valence-electron chi connectivity index (χ1n) is 8.99. The molecule has 0 saturated carbocycles. The number of carbonyl (C=O) groups excluding carboxylic acids is 2. The molecule has 0 spiro atoms. The van der Waals surface area contributed by atoms with Crippen molar-refractivity contribution in [3.63, 3.8) is 0 Å². The van der Waals surface area contributed by atoms with E-state index in [2.05, 4.69) is 20.7 Å². The highest BCUT2D eigenvalue weighted by atomic mass is 16.5. The number of nitrogens with zero attached hydrogens (tertiary/aromatic N) is 4. The molecule has 2 aliphatic heterocycles. The van der Waals surface area contributed by atoms with Gasteiger partial charge in [-0.15, -0.1) is 5.10 Å². The summed E-state index contributed by atoms with van der Waals surface area (Å²) in [6.07, 6.45) is 6.27. The molecule has 0 bridgehead atoms. The normalized spacial score (nSPS) is 21.6. The molecular formula is C16H26N6O3. The summed E-state index contributed by atoms with van der Waals surface area (Å²) in [5, 5.41) is 10.1. The van der Waals surface area contributed by atoms with Crippen molar-refractivity contribution < 1.29 is 14.3 Å². The second-order valence-electron chi connectivity index (χ2n) is 6.54.